The lowest BCUT2D eigenvalue weighted by Gasteiger charge is -2.00. The number of benzene rings is 1. The van der Waals surface area contributed by atoms with Gasteiger partial charge in [-0.15, -0.1) is 0 Å². The molecule has 0 aliphatic carbocycles. The van der Waals surface area contributed by atoms with E-state index in [4.69, 9.17) is 10.3 Å². The zero-order chi connectivity index (χ0) is 13.2. The van der Waals surface area contributed by atoms with Gasteiger partial charge in [-0.2, -0.15) is 4.98 Å². The second-order valence-electron chi connectivity index (χ2n) is 4.57. The molecule has 0 spiro atoms. The topological polar surface area (TPSA) is 77.8 Å². The van der Waals surface area contributed by atoms with Gasteiger partial charge in [-0.05, 0) is 19.1 Å². The molecule has 1 aromatic carbocycles. The Morgan fingerprint density at radius 1 is 1.26 bits per heavy atom. The number of nitrogens with two attached hydrogens (primary N) is 1. The van der Waals surface area contributed by atoms with Crippen molar-refractivity contribution >= 4 is 10.9 Å². The molecule has 19 heavy (non-hydrogen) atoms. The first-order valence-corrected chi connectivity index (χ1v) is 6.16. The molecule has 1 unspecified atom stereocenters. The Kier molecular flexibility index (Phi) is 2.97. The number of para-hydroxylation sites is 1. The van der Waals surface area contributed by atoms with E-state index in [0.717, 1.165) is 16.5 Å². The summed E-state index contributed by atoms with van der Waals surface area (Å²) in [5.41, 5.74) is 7.54. The quantitative estimate of drug-likeness (QED) is 0.775. The van der Waals surface area contributed by atoms with Gasteiger partial charge in [0.1, 0.15) is 0 Å². The van der Waals surface area contributed by atoms with E-state index in [1.165, 1.54) is 0 Å². The van der Waals surface area contributed by atoms with Gasteiger partial charge in [0, 0.05) is 24.0 Å². The Hall–Kier alpha value is -2.27. The van der Waals surface area contributed by atoms with Crippen molar-refractivity contribution in [3.05, 3.63) is 42.4 Å². The van der Waals surface area contributed by atoms with Crippen molar-refractivity contribution in [2.75, 3.05) is 0 Å². The zero-order valence-corrected chi connectivity index (χ0v) is 10.6. The summed E-state index contributed by atoms with van der Waals surface area (Å²) in [6.45, 7) is 1.91. The van der Waals surface area contributed by atoms with Crippen LogP contribution in [-0.2, 0) is 6.42 Å². The highest BCUT2D eigenvalue weighted by molar-refractivity contribution is 5.91. The highest BCUT2D eigenvalue weighted by Gasteiger charge is 2.12. The molecule has 0 saturated carbocycles. The molecule has 96 valence electrons. The lowest BCUT2D eigenvalue weighted by atomic mass is 10.1. The summed E-state index contributed by atoms with van der Waals surface area (Å²) in [4.78, 5) is 8.70. The summed E-state index contributed by atoms with van der Waals surface area (Å²) in [6.07, 6.45) is 2.35. The lowest BCUT2D eigenvalue weighted by Crippen LogP contribution is -2.18. The monoisotopic (exact) mass is 254 g/mol. The number of nitrogens with zero attached hydrogens (tertiary/aromatic N) is 3. The maximum Gasteiger partial charge on any atom is 0.258 e. The number of aromatic nitrogens is 3. The van der Waals surface area contributed by atoms with Crippen LogP contribution in [0.15, 0.2) is 41.1 Å². The minimum absolute atomic E-state index is 0.0136. The van der Waals surface area contributed by atoms with E-state index in [9.17, 15) is 0 Å². The number of rotatable bonds is 3. The largest absolute Gasteiger partial charge is 0.334 e. The molecule has 0 aliphatic rings. The van der Waals surface area contributed by atoms with E-state index in [-0.39, 0.29) is 6.04 Å². The van der Waals surface area contributed by atoms with Crippen LogP contribution in [-0.4, -0.2) is 21.2 Å². The number of hydrogen-bond donors (Lipinski definition) is 1. The van der Waals surface area contributed by atoms with Crippen molar-refractivity contribution in [3.63, 3.8) is 0 Å². The maximum atomic E-state index is 5.73. The van der Waals surface area contributed by atoms with Crippen molar-refractivity contribution in [2.24, 2.45) is 5.73 Å². The number of pyridine rings is 1. The molecule has 5 nitrogen and oxygen atoms in total. The molecule has 3 rings (SSSR count). The predicted molar refractivity (Wildman–Crippen MR) is 72.4 cm³/mol. The van der Waals surface area contributed by atoms with E-state index in [1.807, 2.05) is 37.3 Å². The van der Waals surface area contributed by atoms with Crippen LogP contribution in [0.4, 0.5) is 0 Å². The fourth-order valence-electron chi connectivity index (χ4n) is 2.02. The molecule has 0 amide bonds. The molecule has 2 aromatic heterocycles. The SMILES string of the molecule is CC(N)Cc1noc(-c2ccnc3ccccc23)n1. The van der Waals surface area contributed by atoms with Crippen LogP contribution in [0.3, 0.4) is 0 Å². The fourth-order valence-corrected chi connectivity index (χ4v) is 2.02. The van der Waals surface area contributed by atoms with Crippen LogP contribution < -0.4 is 5.73 Å². The van der Waals surface area contributed by atoms with Crippen LogP contribution in [0.1, 0.15) is 12.7 Å². The average molecular weight is 254 g/mol. The van der Waals surface area contributed by atoms with Gasteiger partial charge in [0.05, 0.1) is 11.1 Å². The fraction of sp³-hybridized carbons (Fsp3) is 0.214. The first-order chi connectivity index (χ1) is 9.24. The molecule has 5 heteroatoms. The highest BCUT2D eigenvalue weighted by Crippen LogP contribution is 2.25. The summed E-state index contributed by atoms with van der Waals surface area (Å²) in [7, 11) is 0. The van der Waals surface area contributed by atoms with Gasteiger partial charge in [0.25, 0.3) is 5.89 Å². The average Bonchev–Trinajstić information content (AvgIpc) is 2.85. The molecular formula is C14H14N4O. The number of fused-ring (bicyclic) bond motifs is 1. The van der Waals surface area contributed by atoms with Gasteiger partial charge in [0.15, 0.2) is 5.82 Å². The van der Waals surface area contributed by atoms with Crippen LogP contribution in [0.5, 0.6) is 0 Å². The normalized spacial score (nSPS) is 12.7. The van der Waals surface area contributed by atoms with Crippen molar-refractivity contribution < 1.29 is 4.52 Å². The van der Waals surface area contributed by atoms with E-state index in [0.29, 0.717) is 18.1 Å². The molecule has 2 heterocycles. The molecule has 3 aromatic rings. The van der Waals surface area contributed by atoms with Crippen LogP contribution >= 0.6 is 0 Å². The molecule has 0 bridgehead atoms. The summed E-state index contributed by atoms with van der Waals surface area (Å²) >= 11 is 0. The number of hydrogen-bond acceptors (Lipinski definition) is 5. The van der Waals surface area contributed by atoms with Gasteiger partial charge in [-0.25, -0.2) is 0 Å². The van der Waals surface area contributed by atoms with Crippen molar-refractivity contribution in [3.8, 4) is 11.5 Å². The predicted octanol–water partition coefficient (Wildman–Crippen LogP) is 2.17. The smallest absolute Gasteiger partial charge is 0.258 e. The summed E-state index contributed by atoms with van der Waals surface area (Å²) in [6, 6.07) is 9.76. The standard InChI is InChI=1S/C14H14N4O/c1-9(15)8-13-17-14(19-18-13)11-6-7-16-12-5-3-2-4-10(11)12/h2-7,9H,8,15H2,1H3. The minimum atomic E-state index is 0.0136. The second-order valence-corrected chi connectivity index (χ2v) is 4.57. The maximum absolute atomic E-state index is 5.73. The van der Waals surface area contributed by atoms with Gasteiger partial charge >= 0.3 is 0 Å². The molecule has 0 fully saturated rings. The Balaban J connectivity index is 2.06. The first kappa shape index (κ1) is 11.8. The molecular weight excluding hydrogens is 240 g/mol. The van der Waals surface area contributed by atoms with Gasteiger partial charge in [-0.1, -0.05) is 23.4 Å². The zero-order valence-electron chi connectivity index (χ0n) is 10.6. The summed E-state index contributed by atoms with van der Waals surface area (Å²) in [5, 5.41) is 4.95. The van der Waals surface area contributed by atoms with Gasteiger partial charge in [0.2, 0.25) is 0 Å². The summed E-state index contributed by atoms with van der Waals surface area (Å²) < 4.78 is 5.32. The third kappa shape index (κ3) is 2.32. The Bertz CT molecular complexity index is 700. The van der Waals surface area contributed by atoms with Gasteiger partial charge in [-0.3, -0.25) is 4.98 Å². The molecule has 1 atom stereocenters. The van der Waals surface area contributed by atoms with E-state index < -0.39 is 0 Å². The highest BCUT2D eigenvalue weighted by atomic mass is 16.5. The van der Waals surface area contributed by atoms with Gasteiger partial charge < -0.3 is 10.3 Å². The molecule has 2 N–H and O–H groups in total. The van der Waals surface area contributed by atoms with Crippen molar-refractivity contribution in [2.45, 2.75) is 19.4 Å². The van der Waals surface area contributed by atoms with E-state index in [1.54, 1.807) is 6.20 Å². The Labute approximate surface area is 110 Å². The first-order valence-electron chi connectivity index (χ1n) is 6.16. The minimum Gasteiger partial charge on any atom is -0.334 e. The third-order valence-electron chi connectivity index (χ3n) is 2.85. The summed E-state index contributed by atoms with van der Waals surface area (Å²) in [5.74, 6) is 1.14. The van der Waals surface area contributed by atoms with E-state index in [2.05, 4.69) is 15.1 Å². The molecule has 0 saturated heterocycles. The van der Waals surface area contributed by atoms with Crippen LogP contribution in [0, 0.1) is 0 Å². The Morgan fingerprint density at radius 2 is 2.11 bits per heavy atom. The Morgan fingerprint density at radius 3 is 2.95 bits per heavy atom. The molecule has 0 radical (unpaired) electrons. The second kappa shape index (κ2) is 4.78. The van der Waals surface area contributed by atoms with Crippen LogP contribution in [0.25, 0.3) is 22.4 Å². The lowest BCUT2D eigenvalue weighted by molar-refractivity contribution is 0.420. The van der Waals surface area contributed by atoms with Crippen molar-refractivity contribution in [1.29, 1.82) is 0 Å². The van der Waals surface area contributed by atoms with E-state index >= 15 is 0 Å². The van der Waals surface area contributed by atoms with Crippen molar-refractivity contribution in [1.82, 2.24) is 15.1 Å². The third-order valence-corrected chi connectivity index (χ3v) is 2.85. The molecule has 0 aliphatic heterocycles. The van der Waals surface area contributed by atoms with Crippen LogP contribution in [0.2, 0.25) is 0 Å².